The molecule has 0 saturated carbocycles. The Hall–Kier alpha value is -2.44. The second-order valence-corrected chi connectivity index (χ2v) is 6.74. The Morgan fingerprint density at radius 3 is 2.31 bits per heavy atom. The summed E-state index contributed by atoms with van der Waals surface area (Å²) in [6.07, 6.45) is 1.67. The molecule has 2 aromatic heterocycles. The first-order valence-electron chi connectivity index (χ1n) is 9.32. The highest BCUT2D eigenvalue weighted by Crippen LogP contribution is 2.21. The van der Waals surface area contributed by atoms with Crippen molar-refractivity contribution < 1.29 is 4.79 Å². The SMILES string of the molecule is CCCN(CCC)C(=O)c1cc(C(C)C)nc2c1c(=O)[nH]c(=O)n2CC. The van der Waals surface area contributed by atoms with Crippen molar-refractivity contribution in [2.75, 3.05) is 13.1 Å². The third-order valence-electron chi connectivity index (χ3n) is 4.38. The van der Waals surface area contributed by atoms with E-state index in [0.717, 1.165) is 12.8 Å². The summed E-state index contributed by atoms with van der Waals surface area (Å²) in [7, 11) is 0. The largest absolute Gasteiger partial charge is 0.339 e. The second kappa shape index (κ2) is 8.29. The third kappa shape index (κ3) is 3.71. The van der Waals surface area contributed by atoms with Crippen LogP contribution in [-0.4, -0.2) is 38.4 Å². The van der Waals surface area contributed by atoms with Gasteiger partial charge in [-0.25, -0.2) is 9.78 Å². The molecule has 0 atom stereocenters. The lowest BCUT2D eigenvalue weighted by Gasteiger charge is -2.23. The highest BCUT2D eigenvalue weighted by Gasteiger charge is 2.23. The first-order valence-corrected chi connectivity index (χ1v) is 9.32. The van der Waals surface area contributed by atoms with Crippen LogP contribution in [0.15, 0.2) is 15.7 Å². The molecule has 2 aromatic rings. The molecule has 0 aliphatic carbocycles. The molecule has 0 aliphatic heterocycles. The maximum atomic E-state index is 13.2. The van der Waals surface area contributed by atoms with Gasteiger partial charge in [0.25, 0.3) is 11.5 Å². The van der Waals surface area contributed by atoms with Gasteiger partial charge in [-0.2, -0.15) is 0 Å². The Morgan fingerprint density at radius 1 is 1.19 bits per heavy atom. The number of aromatic nitrogens is 3. The number of hydrogen-bond donors (Lipinski definition) is 1. The van der Waals surface area contributed by atoms with Crippen molar-refractivity contribution >= 4 is 16.9 Å². The minimum atomic E-state index is -0.561. The van der Waals surface area contributed by atoms with Crippen LogP contribution in [0.25, 0.3) is 11.0 Å². The molecular formula is C19H28N4O3. The zero-order valence-electron chi connectivity index (χ0n) is 16.3. The van der Waals surface area contributed by atoms with Crippen LogP contribution in [0, 0.1) is 0 Å². The third-order valence-corrected chi connectivity index (χ3v) is 4.38. The van der Waals surface area contributed by atoms with E-state index < -0.39 is 11.2 Å². The molecule has 0 aromatic carbocycles. The van der Waals surface area contributed by atoms with Crippen LogP contribution in [0.2, 0.25) is 0 Å². The second-order valence-electron chi connectivity index (χ2n) is 6.74. The van der Waals surface area contributed by atoms with Gasteiger partial charge in [-0.05, 0) is 31.7 Å². The van der Waals surface area contributed by atoms with Crippen LogP contribution in [0.1, 0.15) is 69.4 Å². The molecule has 0 unspecified atom stereocenters. The van der Waals surface area contributed by atoms with Crippen molar-refractivity contribution in [3.63, 3.8) is 0 Å². The highest BCUT2D eigenvalue weighted by molar-refractivity contribution is 6.05. The minimum Gasteiger partial charge on any atom is -0.339 e. The number of rotatable bonds is 7. The lowest BCUT2D eigenvalue weighted by atomic mass is 10.0. The molecule has 0 radical (unpaired) electrons. The maximum absolute atomic E-state index is 13.2. The standard InChI is InChI=1S/C19H28N4O3/c1-6-9-22(10-7-2)18(25)13-11-14(12(4)5)20-16-15(13)17(24)21-19(26)23(16)8-3/h11-12H,6-10H2,1-5H3,(H,21,24,26). The predicted molar refractivity (Wildman–Crippen MR) is 103 cm³/mol. The Bertz CT molecular complexity index is 905. The predicted octanol–water partition coefficient (Wildman–Crippen LogP) is 2.49. The number of carbonyl (C=O) groups excluding carboxylic acids is 1. The van der Waals surface area contributed by atoms with E-state index in [1.165, 1.54) is 4.57 Å². The summed E-state index contributed by atoms with van der Waals surface area (Å²) in [4.78, 5) is 46.5. The fourth-order valence-corrected chi connectivity index (χ4v) is 3.08. The average molecular weight is 360 g/mol. The van der Waals surface area contributed by atoms with E-state index >= 15 is 0 Å². The van der Waals surface area contributed by atoms with Crippen LogP contribution in [0.4, 0.5) is 0 Å². The zero-order chi connectivity index (χ0) is 19.4. The van der Waals surface area contributed by atoms with Crippen LogP contribution in [-0.2, 0) is 6.54 Å². The first kappa shape index (κ1) is 19.9. The van der Waals surface area contributed by atoms with Crippen LogP contribution >= 0.6 is 0 Å². The van der Waals surface area contributed by atoms with Crippen molar-refractivity contribution in [1.82, 2.24) is 19.4 Å². The molecule has 2 rings (SSSR count). The van der Waals surface area contributed by atoms with Crippen molar-refractivity contribution in [2.45, 2.75) is 59.9 Å². The van der Waals surface area contributed by atoms with E-state index in [2.05, 4.69) is 9.97 Å². The lowest BCUT2D eigenvalue weighted by Crippen LogP contribution is -2.36. The smallest absolute Gasteiger partial charge is 0.329 e. The van der Waals surface area contributed by atoms with E-state index in [4.69, 9.17) is 0 Å². The quantitative estimate of drug-likeness (QED) is 0.822. The number of H-pyrrole nitrogens is 1. The maximum Gasteiger partial charge on any atom is 0.329 e. The summed E-state index contributed by atoms with van der Waals surface area (Å²) in [5, 5.41) is 0.193. The van der Waals surface area contributed by atoms with Crippen LogP contribution in [0.3, 0.4) is 0 Å². The van der Waals surface area contributed by atoms with E-state index in [-0.39, 0.29) is 22.9 Å². The van der Waals surface area contributed by atoms with Crippen molar-refractivity contribution in [3.05, 3.63) is 38.2 Å². The Labute approximate surface area is 153 Å². The molecule has 0 saturated heterocycles. The fraction of sp³-hybridized carbons (Fsp3) is 0.579. The number of nitrogens with one attached hydrogen (secondary N) is 1. The molecule has 0 bridgehead atoms. The number of fused-ring (bicyclic) bond motifs is 1. The topological polar surface area (TPSA) is 88.1 Å². The number of hydrogen-bond acceptors (Lipinski definition) is 4. The van der Waals surface area contributed by atoms with E-state index in [1.54, 1.807) is 11.0 Å². The summed E-state index contributed by atoms with van der Waals surface area (Å²) < 4.78 is 1.41. The first-order chi connectivity index (χ1) is 12.3. The normalized spacial score (nSPS) is 11.3. The molecular weight excluding hydrogens is 332 g/mol. The van der Waals surface area contributed by atoms with Gasteiger partial charge in [0.2, 0.25) is 0 Å². The summed E-state index contributed by atoms with van der Waals surface area (Å²) in [6.45, 7) is 11.4. The van der Waals surface area contributed by atoms with Crippen molar-refractivity contribution in [1.29, 1.82) is 0 Å². The van der Waals surface area contributed by atoms with Gasteiger partial charge in [0.15, 0.2) is 5.65 Å². The van der Waals surface area contributed by atoms with E-state index in [9.17, 15) is 14.4 Å². The van der Waals surface area contributed by atoms with Gasteiger partial charge in [0.05, 0.1) is 10.9 Å². The summed E-state index contributed by atoms with van der Waals surface area (Å²) in [6, 6.07) is 1.70. The molecule has 26 heavy (non-hydrogen) atoms. The molecule has 0 spiro atoms. The van der Waals surface area contributed by atoms with Gasteiger partial charge >= 0.3 is 5.69 Å². The summed E-state index contributed by atoms with van der Waals surface area (Å²) in [5.41, 5.74) is 0.235. The highest BCUT2D eigenvalue weighted by atomic mass is 16.2. The zero-order valence-corrected chi connectivity index (χ0v) is 16.3. The van der Waals surface area contributed by atoms with Crippen LogP contribution < -0.4 is 11.2 Å². The molecule has 0 fully saturated rings. The van der Waals surface area contributed by atoms with Gasteiger partial charge in [-0.3, -0.25) is 19.1 Å². The molecule has 0 aliphatic rings. The number of amides is 1. The molecule has 142 valence electrons. The molecule has 2 heterocycles. The van der Waals surface area contributed by atoms with E-state index in [1.807, 2.05) is 34.6 Å². The minimum absolute atomic E-state index is 0.0662. The van der Waals surface area contributed by atoms with Gasteiger partial charge in [-0.1, -0.05) is 27.7 Å². The van der Waals surface area contributed by atoms with Crippen molar-refractivity contribution in [3.8, 4) is 0 Å². The Kier molecular flexibility index (Phi) is 6.34. The molecule has 1 amide bonds. The number of nitrogens with zero attached hydrogens (tertiary/aromatic N) is 3. The lowest BCUT2D eigenvalue weighted by molar-refractivity contribution is 0.0757. The van der Waals surface area contributed by atoms with Gasteiger partial charge in [-0.15, -0.1) is 0 Å². The van der Waals surface area contributed by atoms with Crippen molar-refractivity contribution in [2.24, 2.45) is 0 Å². The van der Waals surface area contributed by atoms with Gasteiger partial charge in [0, 0.05) is 25.3 Å². The fourth-order valence-electron chi connectivity index (χ4n) is 3.08. The summed E-state index contributed by atoms with van der Waals surface area (Å²) >= 11 is 0. The molecule has 7 heteroatoms. The average Bonchev–Trinajstić information content (AvgIpc) is 2.60. The Morgan fingerprint density at radius 2 is 1.81 bits per heavy atom. The monoisotopic (exact) mass is 360 g/mol. The number of pyridine rings is 1. The summed E-state index contributed by atoms with van der Waals surface area (Å²) in [5.74, 6) is -0.119. The van der Waals surface area contributed by atoms with Gasteiger partial charge < -0.3 is 4.90 Å². The van der Waals surface area contributed by atoms with Gasteiger partial charge in [0.1, 0.15) is 0 Å². The molecule has 7 nitrogen and oxygen atoms in total. The number of aromatic amines is 1. The van der Waals surface area contributed by atoms with E-state index in [0.29, 0.717) is 30.9 Å². The number of aryl methyl sites for hydroxylation is 1. The number of carbonyl (C=O) groups is 1. The molecule has 1 N–H and O–H groups in total. The van der Waals surface area contributed by atoms with Crippen LogP contribution in [0.5, 0.6) is 0 Å². The Balaban J connectivity index is 2.85.